The van der Waals surface area contributed by atoms with Gasteiger partial charge in [-0.05, 0) is 53.1 Å². The van der Waals surface area contributed by atoms with Gasteiger partial charge in [-0.1, -0.05) is 14.8 Å². The zero-order valence-electron chi connectivity index (χ0n) is 12.9. The Hall–Kier alpha value is -1.74. The van der Waals surface area contributed by atoms with Crippen LogP contribution in [0.15, 0.2) is 4.63 Å². The molecule has 21 heavy (non-hydrogen) atoms. The Morgan fingerprint density at radius 2 is 1.24 bits per heavy atom. The Kier molecular flexibility index (Phi) is 7.03. The van der Waals surface area contributed by atoms with Crippen molar-refractivity contribution in [3.05, 3.63) is 33.3 Å². The first-order valence-corrected chi connectivity index (χ1v) is 7.69. The van der Waals surface area contributed by atoms with Crippen LogP contribution in [0.4, 0.5) is 0 Å². The molecule has 0 aromatic carbocycles. The smallest absolute Gasteiger partial charge is 0.104 e. The molecule has 0 aliphatic carbocycles. The van der Waals surface area contributed by atoms with Crippen molar-refractivity contribution in [3.63, 3.8) is 0 Å². The van der Waals surface area contributed by atoms with Gasteiger partial charge in [0.15, 0.2) is 0 Å². The quantitative estimate of drug-likeness (QED) is 0.627. The predicted octanol–water partition coefficient (Wildman–Crippen LogP) is 3.00. The fraction of sp³-hybridized carbons (Fsp3) is 0.500. The average Bonchev–Trinajstić information content (AvgIpc) is 3.11. The second-order valence-electron chi connectivity index (χ2n) is 4.28. The summed E-state index contributed by atoms with van der Waals surface area (Å²) in [5, 5.41) is 10.8. The van der Waals surface area contributed by atoms with Gasteiger partial charge in [0, 0.05) is 4.88 Å². The molecule has 0 unspecified atom stereocenters. The van der Waals surface area contributed by atoms with Crippen molar-refractivity contribution >= 4 is 23.3 Å². The van der Waals surface area contributed by atoms with Crippen molar-refractivity contribution in [2.24, 2.45) is 0 Å². The molecule has 0 saturated carbocycles. The van der Waals surface area contributed by atoms with Gasteiger partial charge in [0.25, 0.3) is 0 Å². The molecule has 9 heteroatoms. The van der Waals surface area contributed by atoms with Crippen LogP contribution in [-0.2, 0) is 0 Å². The van der Waals surface area contributed by atoms with Crippen LogP contribution in [0.5, 0.6) is 0 Å². The van der Waals surface area contributed by atoms with Gasteiger partial charge in [-0.15, -0.1) is 5.10 Å². The van der Waals surface area contributed by atoms with E-state index in [1.807, 2.05) is 41.5 Å². The molecular formula is C12H18N6OS2. The normalized spacial score (nSPS) is 9.43. The zero-order chi connectivity index (χ0) is 15.8. The van der Waals surface area contributed by atoms with Crippen LogP contribution in [0.3, 0.4) is 0 Å². The van der Waals surface area contributed by atoms with E-state index in [2.05, 4.69) is 33.3 Å². The molecule has 0 atom stereocenters. The minimum Gasteiger partial charge on any atom is -0.244 e. The third-order valence-corrected chi connectivity index (χ3v) is 4.08. The standard InChI is InChI=1S/C4H6N2O.2C4H6N2S/c1-3-4(2)6-7-5-3;1-3-4(2)7-6-5-3;1-3-4(2)6-7-5-3/h3*1-2H3. The zero-order valence-corrected chi connectivity index (χ0v) is 14.5. The highest BCUT2D eigenvalue weighted by Crippen LogP contribution is 2.04. The SMILES string of the molecule is Cc1nnsc1C.Cc1nonc1C.Cc1nsnc1C. The molecular weight excluding hydrogens is 308 g/mol. The molecule has 114 valence electrons. The number of aryl methyl sites for hydroxylation is 6. The second kappa shape index (κ2) is 8.53. The van der Waals surface area contributed by atoms with Crippen LogP contribution in [0.25, 0.3) is 0 Å². The van der Waals surface area contributed by atoms with Crippen LogP contribution in [0.1, 0.15) is 33.3 Å². The summed E-state index contributed by atoms with van der Waals surface area (Å²) in [6.07, 6.45) is 0. The second-order valence-corrected chi connectivity index (χ2v) is 5.77. The lowest BCUT2D eigenvalue weighted by Gasteiger charge is -1.75. The third kappa shape index (κ3) is 6.05. The highest BCUT2D eigenvalue weighted by molar-refractivity contribution is 7.05. The van der Waals surface area contributed by atoms with E-state index in [0.717, 1.165) is 28.5 Å². The monoisotopic (exact) mass is 326 g/mol. The summed E-state index contributed by atoms with van der Waals surface area (Å²) in [5.74, 6) is 0. The molecule has 7 nitrogen and oxygen atoms in total. The molecule has 0 N–H and O–H groups in total. The van der Waals surface area contributed by atoms with E-state index in [4.69, 9.17) is 0 Å². The number of aromatic nitrogens is 6. The average molecular weight is 326 g/mol. The summed E-state index contributed by atoms with van der Waals surface area (Å²) < 4.78 is 16.0. The van der Waals surface area contributed by atoms with E-state index in [0.29, 0.717) is 0 Å². The van der Waals surface area contributed by atoms with Crippen molar-refractivity contribution in [3.8, 4) is 0 Å². The molecule has 3 aromatic heterocycles. The summed E-state index contributed by atoms with van der Waals surface area (Å²) in [6, 6.07) is 0. The molecule has 3 aromatic rings. The Labute approximate surface area is 131 Å². The fourth-order valence-corrected chi connectivity index (χ4v) is 1.84. The summed E-state index contributed by atoms with van der Waals surface area (Å²) >= 11 is 2.71. The summed E-state index contributed by atoms with van der Waals surface area (Å²) in [6.45, 7) is 11.6. The highest BCUT2D eigenvalue weighted by Gasteiger charge is 1.93. The van der Waals surface area contributed by atoms with Crippen LogP contribution >= 0.6 is 23.3 Å². The van der Waals surface area contributed by atoms with Gasteiger partial charge in [0.2, 0.25) is 0 Å². The minimum atomic E-state index is 0.861. The van der Waals surface area contributed by atoms with Crippen LogP contribution in [0, 0.1) is 41.5 Å². The topological polar surface area (TPSA) is 90.5 Å². The maximum absolute atomic E-state index is 4.34. The van der Waals surface area contributed by atoms with E-state index < -0.39 is 0 Å². The van der Waals surface area contributed by atoms with E-state index in [1.54, 1.807) is 0 Å². The minimum absolute atomic E-state index is 0.861. The van der Waals surface area contributed by atoms with E-state index in [1.165, 1.54) is 28.1 Å². The van der Waals surface area contributed by atoms with E-state index in [9.17, 15) is 0 Å². The lowest BCUT2D eigenvalue weighted by Crippen LogP contribution is -1.71. The van der Waals surface area contributed by atoms with Gasteiger partial charge in [0.05, 0.1) is 28.8 Å². The molecule has 0 aliphatic rings. The van der Waals surface area contributed by atoms with Crippen LogP contribution < -0.4 is 0 Å². The van der Waals surface area contributed by atoms with E-state index in [-0.39, 0.29) is 0 Å². The molecule has 0 fully saturated rings. The van der Waals surface area contributed by atoms with E-state index >= 15 is 0 Å². The molecule has 0 spiro atoms. The lowest BCUT2D eigenvalue weighted by molar-refractivity contribution is 0.302. The summed E-state index contributed by atoms with van der Waals surface area (Å²) in [7, 11) is 0. The van der Waals surface area contributed by atoms with Gasteiger partial charge in [-0.25, -0.2) is 4.63 Å². The number of nitrogens with zero attached hydrogens (tertiary/aromatic N) is 6. The largest absolute Gasteiger partial charge is 0.244 e. The van der Waals surface area contributed by atoms with Crippen LogP contribution in [0.2, 0.25) is 0 Å². The van der Waals surface area contributed by atoms with Gasteiger partial charge >= 0.3 is 0 Å². The maximum Gasteiger partial charge on any atom is 0.104 e. The Morgan fingerprint density at radius 3 is 1.38 bits per heavy atom. The predicted molar refractivity (Wildman–Crippen MR) is 82.5 cm³/mol. The first-order valence-electron chi connectivity index (χ1n) is 6.19. The lowest BCUT2D eigenvalue weighted by atomic mass is 10.4. The van der Waals surface area contributed by atoms with Crippen molar-refractivity contribution in [2.75, 3.05) is 0 Å². The molecule has 3 rings (SSSR count). The van der Waals surface area contributed by atoms with Gasteiger partial charge in [-0.3, -0.25) is 0 Å². The van der Waals surface area contributed by atoms with Gasteiger partial charge < -0.3 is 0 Å². The molecule has 0 radical (unpaired) electrons. The Balaban J connectivity index is 0.000000157. The molecule has 0 saturated heterocycles. The first-order chi connectivity index (χ1) is 9.91. The van der Waals surface area contributed by atoms with Crippen molar-refractivity contribution in [1.82, 2.24) is 28.6 Å². The highest BCUT2D eigenvalue weighted by atomic mass is 32.1. The van der Waals surface area contributed by atoms with Gasteiger partial charge in [0.1, 0.15) is 11.4 Å². The third-order valence-electron chi connectivity index (χ3n) is 2.64. The van der Waals surface area contributed by atoms with Crippen molar-refractivity contribution in [2.45, 2.75) is 41.5 Å². The fourth-order valence-electron chi connectivity index (χ4n) is 0.829. The first kappa shape index (κ1) is 17.3. The molecule has 0 bridgehead atoms. The number of hydrogen-bond acceptors (Lipinski definition) is 9. The van der Waals surface area contributed by atoms with Crippen molar-refractivity contribution < 1.29 is 4.63 Å². The molecule has 3 heterocycles. The Morgan fingerprint density at radius 1 is 0.714 bits per heavy atom. The maximum atomic E-state index is 4.34. The number of rotatable bonds is 0. The summed E-state index contributed by atoms with van der Waals surface area (Å²) in [5.41, 5.74) is 4.86. The van der Waals surface area contributed by atoms with Crippen LogP contribution in [-0.4, -0.2) is 28.6 Å². The Bertz CT molecular complexity index is 520. The van der Waals surface area contributed by atoms with Crippen molar-refractivity contribution in [1.29, 1.82) is 0 Å². The van der Waals surface area contributed by atoms with Gasteiger partial charge in [-0.2, -0.15) is 8.75 Å². The molecule has 0 aliphatic heterocycles. The molecule has 0 amide bonds. The number of hydrogen-bond donors (Lipinski definition) is 0. The summed E-state index contributed by atoms with van der Waals surface area (Å²) in [4.78, 5) is 1.21.